The Bertz CT molecular complexity index is 329. The molecule has 0 aromatic rings. The van der Waals surface area contributed by atoms with Crippen LogP contribution in [0, 0.1) is 0 Å². The lowest BCUT2D eigenvalue weighted by molar-refractivity contribution is -0.139. The fourth-order valence-electron chi connectivity index (χ4n) is 1.06. The highest BCUT2D eigenvalue weighted by Crippen LogP contribution is 2.01. The number of carbonyl (C=O) groups excluding carboxylic acids is 2. The monoisotopic (exact) mass is 254 g/mol. The maximum absolute atomic E-state index is 11.4. The molecule has 18 heavy (non-hydrogen) atoms. The average Bonchev–Trinajstić information content (AvgIpc) is 2.33. The summed E-state index contributed by atoms with van der Waals surface area (Å²) >= 11 is 0. The number of rotatable bonds is 8. The Hall–Kier alpha value is -1.58. The van der Waals surface area contributed by atoms with Crippen LogP contribution in [0.2, 0.25) is 0 Å². The standard InChI is InChI=1S/C14H22O4/c1-5-6-9-18-14(16)12(4)8-7-10-17-13(15)11(2)3/h8H,2,5-7,9-10H2,1,3-4H3. The smallest absolute Gasteiger partial charge is 0.333 e. The molecule has 0 unspecified atom stereocenters. The molecular weight excluding hydrogens is 232 g/mol. The van der Waals surface area contributed by atoms with Crippen molar-refractivity contribution >= 4 is 11.9 Å². The van der Waals surface area contributed by atoms with Crippen molar-refractivity contribution in [3.05, 3.63) is 23.8 Å². The Labute approximate surface area is 109 Å². The maximum Gasteiger partial charge on any atom is 0.333 e. The van der Waals surface area contributed by atoms with Crippen molar-refractivity contribution in [2.45, 2.75) is 40.0 Å². The van der Waals surface area contributed by atoms with E-state index in [9.17, 15) is 9.59 Å². The van der Waals surface area contributed by atoms with Crippen LogP contribution in [0.1, 0.15) is 40.0 Å². The fourth-order valence-corrected chi connectivity index (χ4v) is 1.06. The molecule has 0 aliphatic heterocycles. The van der Waals surface area contributed by atoms with Gasteiger partial charge in [-0.3, -0.25) is 0 Å². The highest BCUT2D eigenvalue weighted by Gasteiger charge is 2.05. The lowest BCUT2D eigenvalue weighted by atomic mass is 10.2. The Morgan fingerprint density at radius 3 is 2.28 bits per heavy atom. The van der Waals surface area contributed by atoms with Crippen LogP contribution in [-0.4, -0.2) is 25.2 Å². The van der Waals surface area contributed by atoms with Crippen molar-refractivity contribution in [3.8, 4) is 0 Å². The van der Waals surface area contributed by atoms with E-state index in [0.29, 0.717) is 24.2 Å². The van der Waals surface area contributed by atoms with Gasteiger partial charge in [-0.15, -0.1) is 0 Å². The topological polar surface area (TPSA) is 52.6 Å². The number of hydrogen-bond donors (Lipinski definition) is 0. The predicted molar refractivity (Wildman–Crippen MR) is 70.0 cm³/mol. The largest absolute Gasteiger partial charge is 0.462 e. The summed E-state index contributed by atoms with van der Waals surface area (Å²) in [6.07, 6.45) is 4.07. The molecular formula is C14H22O4. The number of unbranched alkanes of at least 4 members (excludes halogenated alkanes) is 1. The van der Waals surface area contributed by atoms with E-state index < -0.39 is 5.97 Å². The van der Waals surface area contributed by atoms with Gasteiger partial charge < -0.3 is 9.47 Å². The van der Waals surface area contributed by atoms with Crippen LogP contribution in [0.4, 0.5) is 0 Å². The first-order valence-corrected chi connectivity index (χ1v) is 6.15. The van der Waals surface area contributed by atoms with Crippen LogP contribution in [0.5, 0.6) is 0 Å². The molecule has 0 radical (unpaired) electrons. The van der Waals surface area contributed by atoms with Gasteiger partial charge in [-0.1, -0.05) is 26.0 Å². The van der Waals surface area contributed by atoms with Crippen molar-refractivity contribution < 1.29 is 19.1 Å². The number of hydrogen-bond acceptors (Lipinski definition) is 4. The van der Waals surface area contributed by atoms with Crippen LogP contribution in [0.3, 0.4) is 0 Å². The lowest BCUT2D eigenvalue weighted by Gasteiger charge is -2.04. The summed E-state index contributed by atoms with van der Waals surface area (Å²) < 4.78 is 9.93. The molecule has 0 aliphatic rings. The first kappa shape index (κ1) is 16.4. The van der Waals surface area contributed by atoms with Gasteiger partial charge in [-0.25, -0.2) is 9.59 Å². The zero-order valence-electron chi connectivity index (χ0n) is 11.5. The van der Waals surface area contributed by atoms with Gasteiger partial charge in [0, 0.05) is 17.6 Å². The fraction of sp³-hybridized carbons (Fsp3) is 0.571. The summed E-state index contributed by atoms with van der Waals surface area (Å²) in [5.41, 5.74) is 0.909. The zero-order valence-corrected chi connectivity index (χ0v) is 11.5. The van der Waals surface area contributed by atoms with E-state index in [0.717, 1.165) is 12.8 Å². The third-order valence-corrected chi connectivity index (χ3v) is 2.20. The van der Waals surface area contributed by atoms with Gasteiger partial charge in [-0.2, -0.15) is 0 Å². The molecule has 4 nitrogen and oxygen atoms in total. The van der Waals surface area contributed by atoms with Crippen molar-refractivity contribution in [2.24, 2.45) is 0 Å². The molecule has 0 saturated heterocycles. The van der Waals surface area contributed by atoms with Crippen molar-refractivity contribution in [2.75, 3.05) is 13.2 Å². The number of ether oxygens (including phenoxy) is 2. The second-order valence-electron chi connectivity index (χ2n) is 4.08. The summed E-state index contributed by atoms with van der Waals surface area (Å²) in [4.78, 5) is 22.5. The molecule has 0 aromatic heterocycles. The van der Waals surface area contributed by atoms with E-state index in [1.807, 2.05) is 6.92 Å². The van der Waals surface area contributed by atoms with Crippen LogP contribution >= 0.6 is 0 Å². The van der Waals surface area contributed by atoms with Crippen LogP contribution in [0.15, 0.2) is 23.8 Å². The van der Waals surface area contributed by atoms with Gasteiger partial charge in [0.1, 0.15) is 0 Å². The minimum Gasteiger partial charge on any atom is -0.462 e. The zero-order chi connectivity index (χ0) is 14.0. The lowest BCUT2D eigenvalue weighted by Crippen LogP contribution is -2.08. The third kappa shape index (κ3) is 7.65. The van der Waals surface area contributed by atoms with Crippen LogP contribution in [-0.2, 0) is 19.1 Å². The molecule has 0 bridgehead atoms. The number of esters is 2. The Morgan fingerprint density at radius 1 is 1.11 bits per heavy atom. The van der Waals surface area contributed by atoms with E-state index in [2.05, 4.69) is 6.58 Å². The molecule has 102 valence electrons. The Kier molecular flexibility index (Phi) is 8.62. The van der Waals surface area contributed by atoms with Crippen molar-refractivity contribution in [3.63, 3.8) is 0 Å². The van der Waals surface area contributed by atoms with E-state index in [-0.39, 0.29) is 12.6 Å². The van der Waals surface area contributed by atoms with E-state index in [1.165, 1.54) is 0 Å². The maximum atomic E-state index is 11.4. The molecule has 0 spiro atoms. The second kappa shape index (κ2) is 9.45. The normalized spacial score (nSPS) is 10.9. The molecule has 0 fully saturated rings. The molecule has 0 aromatic carbocycles. The molecule has 0 aliphatic carbocycles. The molecule has 0 rings (SSSR count). The van der Waals surface area contributed by atoms with Crippen molar-refractivity contribution in [1.82, 2.24) is 0 Å². The van der Waals surface area contributed by atoms with Crippen LogP contribution < -0.4 is 0 Å². The van der Waals surface area contributed by atoms with Crippen LogP contribution in [0.25, 0.3) is 0 Å². The third-order valence-electron chi connectivity index (χ3n) is 2.20. The highest BCUT2D eigenvalue weighted by atomic mass is 16.5. The summed E-state index contributed by atoms with van der Waals surface area (Å²) in [5, 5.41) is 0. The Morgan fingerprint density at radius 2 is 1.72 bits per heavy atom. The Balaban J connectivity index is 3.86. The first-order chi connectivity index (χ1) is 8.49. The summed E-state index contributed by atoms with van der Waals surface area (Å²) in [7, 11) is 0. The quantitative estimate of drug-likeness (QED) is 0.380. The van der Waals surface area contributed by atoms with Gasteiger partial charge in [-0.05, 0) is 20.3 Å². The van der Waals surface area contributed by atoms with E-state index in [1.54, 1.807) is 19.9 Å². The highest BCUT2D eigenvalue weighted by molar-refractivity contribution is 5.88. The van der Waals surface area contributed by atoms with E-state index >= 15 is 0 Å². The van der Waals surface area contributed by atoms with E-state index in [4.69, 9.17) is 9.47 Å². The van der Waals surface area contributed by atoms with Gasteiger partial charge in [0.05, 0.1) is 13.2 Å². The average molecular weight is 254 g/mol. The SMILES string of the molecule is C=C(C)C(=O)OCCC=C(C)C(=O)OCCCC. The van der Waals surface area contributed by atoms with Crippen molar-refractivity contribution in [1.29, 1.82) is 0 Å². The minimum atomic E-state index is -0.411. The van der Waals surface area contributed by atoms with Gasteiger partial charge in [0.15, 0.2) is 0 Å². The molecule has 0 atom stereocenters. The summed E-state index contributed by atoms with van der Waals surface area (Å²) in [6, 6.07) is 0. The van der Waals surface area contributed by atoms with Gasteiger partial charge in [0.2, 0.25) is 0 Å². The predicted octanol–water partition coefficient (Wildman–Crippen LogP) is 2.79. The molecule has 0 saturated carbocycles. The minimum absolute atomic E-state index is 0.241. The van der Waals surface area contributed by atoms with Gasteiger partial charge >= 0.3 is 11.9 Å². The van der Waals surface area contributed by atoms with Gasteiger partial charge in [0.25, 0.3) is 0 Å². The molecule has 0 N–H and O–H groups in total. The first-order valence-electron chi connectivity index (χ1n) is 6.15. The summed E-state index contributed by atoms with van der Waals surface area (Å²) in [5.74, 6) is -0.721. The molecule has 4 heteroatoms. The molecule has 0 amide bonds. The molecule has 0 heterocycles. The summed E-state index contributed by atoms with van der Waals surface area (Å²) in [6.45, 7) is 9.48. The number of carbonyl (C=O) groups is 2. The second-order valence-corrected chi connectivity index (χ2v) is 4.08.